The van der Waals surface area contributed by atoms with Crippen LogP contribution in [0, 0.1) is 0 Å². The van der Waals surface area contributed by atoms with Gasteiger partial charge in [-0.05, 0) is 37.0 Å². The summed E-state index contributed by atoms with van der Waals surface area (Å²) in [6.45, 7) is 2.09. The topological polar surface area (TPSA) is 84.1 Å². The molecule has 2 heterocycles. The maximum Gasteiger partial charge on any atom is 0.257 e. The van der Waals surface area contributed by atoms with E-state index in [-0.39, 0.29) is 11.3 Å². The van der Waals surface area contributed by atoms with E-state index < -0.39 is 5.92 Å². The maximum atomic E-state index is 13.0. The second-order valence-corrected chi connectivity index (χ2v) is 8.07. The second kappa shape index (κ2) is 7.83. The predicted molar refractivity (Wildman–Crippen MR) is 110 cm³/mol. The lowest BCUT2D eigenvalue weighted by Crippen LogP contribution is -2.32. The number of nitrogens with zero attached hydrogens (tertiary/aromatic N) is 1. The zero-order valence-electron chi connectivity index (χ0n) is 16.0. The van der Waals surface area contributed by atoms with Gasteiger partial charge in [-0.25, -0.2) is 4.98 Å². The lowest BCUT2D eigenvalue weighted by atomic mass is 9.76. The highest BCUT2D eigenvalue weighted by atomic mass is 32.2. The van der Waals surface area contributed by atoms with E-state index in [0.717, 1.165) is 42.0 Å². The van der Waals surface area contributed by atoms with Gasteiger partial charge in [0.2, 0.25) is 0 Å². The number of ether oxygens (including phenoxy) is 1. The van der Waals surface area contributed by atoms with Crippen LogP contribution in [-0.4, -0.2) is 28.6 Å². The van der Waals surface area contributed by atoms with Gasteiger partial charge in [0.1, 0.15) is 11.6 Å². The van der Waals surface area contributed by atoms with Crippen molar-refractivity contribution in [3.05, 3.63) is 57.0 Å². The maximum absolute atomic E-state index is 13.0. The Morgan fingerprint density at radius 3 is 2.71 bits per heavy atom. The van der Waals surface area contributed by atoms with Crippen LogP contribution < -0.4 is 15.6 Å². The van der Waals surface area contributed by atoms with Crippen molar-refractivity contribution in [2.75, 3.05) is 18.2 Å². The van der Waals surface area contributed by atoms with E-state index in [4.69, 9.17) is 4.74 Å². The molecule has 0 spiro atoms. The van der Waals surface area contributed by atoms with Crippen LogP contribution in [0.2, 0.25) is 0 Å². The molecule has 0 radical (unpaired) electrons. The number of aromatic amines is 1. The molecule has 2 aliphatic rings. The summed E-state index contributed by atoms with van der Waals surface area (Å²) in [7, 11) is 1.62. The van der Waals surface area contributed by atoms with Gasteiger partial charge in [0, 0.05) is 29.4 Å². The highest BCUT2D eigenvalue weighted by Gasteiger charge is 2.37. The Hall–Kier alpha value is -2.54. The van der Waals surface area contributed by atoms with Gasteiger partial charge in [0.25, 0.3) is 5.56 Å². The molecule has 1 unspecified atom stereocenters. The third-order valence-electron chi connectivity index (χ3n) is 5.13. The molecule has 2 N–H and O–H groups in total. The minimum atomic E-state index is -0.411. The first-order valence-corrected chi connectivity index (χ1v) is 10.5. The summed E-state index contributed by atoms with van der Waals surface area (Å²) in [6, 6.07) is 7.56. The molecule has 0 bridgehead atoms. The van der Waals surface area contributed by atoms with Crippen LogP contribution in [0.1, 0.15) is 49.7 Å². The quantitative estimate of drug-likeness (QED) is 0.589. The number of hydrogen-bond donors (Lipinski definition) is 2. The van der Waals surface area contributed by atoms with Gasteiger partial charge in [0.05, 0.1) is 12.7 Å². The summed E-state index contributed by atoms with van der Waals surface area (Å²) >= 11 is 1.53. The largest absolute Gasteiger partial charge is 0.497 e. The van der Waals surface area contributed by atoms with E-state index in [9.17, 15) is 9.59 Å². The van der Waals surface area contributed by atoms with E-state index in [0.29, 0.717) is 28.5 Å². The Bertz CT molecular complexity index is 995. The van der Waals surface area contributed by atoms with Crippen LogP contribution in [0.25, 0.3) is 0 Å². The van der Waals surface area contributed by atoms with Crippen LogP contribution in [0.4, 0.5) is 5.82 Å². The fourth-order valence-electron chi connectivity index (χ4n) is 3.84. The van der Waals surface area contributed by atoms with E-state index >= 15 is 0 Å². The molecule has 1 aliphatic carbocycles. The number of ketones is 1. The molecule has 0 amide bonds. The number of Topliss-reactive ketones (excluding diaryl/α,β-unsaturated/α-hetero) is 1. The summed E-state index contributed by atoms with van der Waals surface area (Å²) in [5, 5.41) is 3.91. The molecule has 7 heteroatoms. The lowest BCUT2D eigenvalue weighted by molar-refractivity contribution is -0.116. The first kappa shape index (κ1) is 18.8. The number of allylic oxidation sites excluding steroid dienone is 2. The Balaban J connectivity index is 1.87. The average molecular weight is 398 g/mol. The molecule has 1 atom stereocenters. The molecule has 6 nitrogen and oxygen atoms in total. The SMILES string of the molecule is CCCSc1nc2c(c(=O)[nH]1)C(c1ccc(OC)cc1)C1=C(CCCC1=O)N2. The molecule has 1 aliphatic heterocycles. The van der Waals surface area contributed by atoms with E-state index in [1.807, 2.05) is 24.3 Å². The first-order valence-electron chi connectivity index (χ1n) is 9.56. The normalized spacial score (nSPS) is 18.4. The van der Waals surface area contributed by atoms with Crippen LogP contribution in [0.3, 0.4) is 0 Å². The zero-order valence-corrected chi connectivity index (χ0v) is 16.8. The third kappa shape index (κ3) is 3.35. The second-order valence-electron chi connectivity index (χ2n) is 6.98. The van der Waals surface area contributed by atoms with Gasteiger partial charge >= 0.3 is 0 Å². The number of carbonyl (C=O) groups excluding carboxylic acids is 1. The molecule has 2 aromatic rings. The van der Waals surface area contributed by atoms with Gasteiger partial charge in [-0.3, -0.25) is 9.59 Å². The summed E-state index contributed by atoms with van der Waals surface area (Å²) < 4.78 is 5.26. The molecular weight excluding hydrogens is 374 g/mol. The van der Waals surface area contributed by atoms with E-state index in [1.165, 1.54) is 11.8 Å². The molecule has 1 aromatic carbocycles. The van der Waals surface area contributed by atoms with Crippen molar-refractivity contribution in [3.63, 3.8) is 0 Å². The molecular formula is C21H23N3O3S. The van der Waals surface area contributed by atoms with Crippen molar-refractivity contribution in [2.45, 2.75) is 43.7 Å². The number of aromatic nitrogens is 2. The number of carbonyl (C=O) groups is 1. The third-order valence-corrected chi connectivity index (χ3v) is 6.21. The highest BCUT2D eigenvalue weighted by Crippen LogP contribution is 2.43. The van der Waals surface area contributed by atoms with Crippen molar-refractivity contribution in [2.24, 2.45) is 0 Å². The summed E-state index contributed by atoms with van der Waals surface area (Å²) in [5.41, 5.74) is 2.81. The van der Waals surface area contributed by atoms with Crippen LogP contribution in [-0.2, 0) is 4.79 Å². The standard InChI is InChI=1S/C21H23N3O3S/c1-3-11-28-21-23-19-18(20(26)24-21)16(12-7-9-13(27-2)10-8-12)17-14(22-19)5-4-6-15(17)25/h7-10,16H,3-6,11H2,1-2H3,(H2,22,23,24,26). The van der Waals surface area contributed by atoms with Crippen molar-refractivity contribution in [1.82, 2.24) is 9.97 Å². The summed E-state index contributed by atoms with van der Waals surface area (Å²) in [6.07, 6.45) is 3.12. The number of rotatable bonds is 5. The molecule has 1 aromatic heterocycles. The number of fused-ring (bicyclic) bond motifs is 1. The number of H-pyrrole nitrogens is 1. The van der Waals surface area contributed by atoms with Crippen molar-refractivity contribution in [3.8, 4) is 5.75 Å². The number of hydrogen-bond acceptors (Lipinski definition) is 6. The number of methoxy groups -OCH3 is 1. The monoisotopic (exact) mass is 397 g/mol. The zero-order chi connectivity index (χ0) is 19.7. The van der Waals surface area contributed by atoms with Gasteiger partial charge in [-0.15, -0.1) is 0 Å². The average Bonchev–Trinajstić information content (AvgIpc) is 2.71. The summed E-state index contributed by atoms with van der Waals surface area (Å²) in [4.78, 5) is 33.4. The fourth-order valence-corrected chi connectivity index (χ4v) is 4.56. The number of benzene rings is 1. The fraction of sp³-hybridized carbons (Fsp3) is 0.381. The molecule has 4 rings (SSSR count). The van der Waals surface area contributed by atoms with Crippen molar-refractivity contribution >= 4 is 23.4 Å². The van der Waals surface area contributed by atoms with Crippen LogP contribution in [0.15, 0.2) is 45.5 Å². The first-order chi connectivity index (χ1) is 13.6. The smallest absolute Gasteiger partial charge is 0.257 e. The minimum absolute atomic E-state index is 0.101. The minimum Gasteiger partial charge on any atom is -0.497 e. The Kier molecular flexibility index (Phi) is 5.26. The van der Waals surface area contributed by atoms with Crippen LogP contribution in [0.5, 0.6) is 5.75 Å². The Labute approximate surface area is 167 Å². The van der Waals surface area contributed by atoms with Gasteiger partial charge in [0.15, 0.2) is 10.9 Å². The van der Waals surface area contributed by atoms with Crippen molar-refractivity contribution < 1.29 is 9.53 Å². The summed E-state index contributed by atoms with van der Waals surface area (Å²) in [5.74, 6) is 1.88. The van der Waals surface area contributed by atoms with Gasteiger partial charge in [-0.1, -0.05) is 30.8 Å². The molecule has 0 fully saturated rings. The Morgan fingerprint density at radius 1 is 1.21 bits per heavy atom. The number of thioether (sulfide) groups is 1. The number of anilines is 1. The van der Waals surface area contributed by atoms with Gasteiger partial charge in [-0.2, -0.15) is 0 Å². The Morgan fingerprint density at radius 2 is 2.00 bits per heavy atom. The molecule has 28 heavy (non-hydrogen) atoms. The molecule has 0 saturated heterocycles. The predicted octanol–water partition coefficient (Wildman–Crippen LogP) is 3.85. The molecule has 146 valence electrons. The number of nitrogens with one attached hydrogen (secondary N) is 2. The van der Waals surface area contributed by atoms with Crippen LogP contribution >= 0.6 is 11.8 Å². The van der Waals surface area contributed by atoms with E-state index in [1.54, 1.807) is 7.11 Å². The lowest BCUT2D eigenvalue weighted by Gasteiger charge is -2.32. The molecule has 0 saturated carbocycles. The van der Waals surface area contributed by atoms with Crippen molar-refractivity contribution in [1.29, 1.82) is 0 Å². The van der Waals surface area contributed by atoms with Gasteiger partial charge < -0.3 is 15.0 Å². The van der Waals surface area contributed by atoms with E-state index in [2.05, 4.69) is 22.2 Å². The highest BCUT2D eigenvalue weighted by molar-refractivity contribution is 7.99.